The van der Waals surface area contributed by atoms with Crippen LogP contribution in [0.5, 0.6) is 0 Å². The minimum absolute atomic E-state index is 0.0936. The van der Waals surface area contributed by atoms with Gasteiger partial charge < -0.3 is 16.4 Å². The quantitative estimate of drug-likeness (QED) is 0.668. The Morgan fingerprint density at radius 3 is 2.39 bits per heavy atom. The SMILES string of the molecule is NCC(=O)N(CCN1[C@@H]2CC[C@H]1C[C@@H](c1cccc(C(N)=O)c1)C2)CC1CCCCC1. The highest BCUT2D eigenvalue weighted by molar-refractivity contribution is 5.92. The van der Waals surface area contributed by atoms with E-state index in [0.29, 0.717) is 29.5 Å². The molecule has 4 N–H and O–H groups in total. The average molecular weight is 427 g/mol. The van der Waals surface area contributed by atoms with E-state index in [4.69, 9.17) is 11.5 Å². The number of nitrogens with zero attached hydrogens (tertiary/aromatic N) is 2. The molecule has 31 heavy (non-hydrogen) atoms. The topological polar surface area (TPSA) is 92.7 Å². The lowest BCUT2D eigenvalue weighted by molar-refractivity contribution is -0.130. The van der Waals surface area contributed by atoms with Crippen molar-refractivity contribution in [2.45, 2.75) is 75.8 Å². The Hall–Kier alpha value is -1.92. The van der Waals surface area contributed by atoms with Crippen molar-refractivity contribution >= 4 is 11.8 Å². The molecule has 0 radical (unpaired) electrons. The van der Waals surface area contributed by atoms with Crippen molar-refractivity contribution in [1.29, 1.82) is 0 Å². The van der Waals surface area contributed by atoms with Crippen molar-refractivity contribution in [3.8, 4) is 0 Å². The van der Waals surface area contributed by atoms with E-state index in [0.717, 1.165) is 32.5 Å². The molecule has 3 atom stereocenters. The van der Waals surface area contributed by atoms with Gasteiger partial charge in [0.15, 0.2) is 0 Å². The Bertz CT molecular complexity index is 763. The minimum atomic E-state index is -0.357. The summed E-state index contributed by atoms with van der Waals surface area (Å²) in [5.74, 6) is 0.863. The van der Waals surface area contributed by atoms with Crippen LogP contribution in [0, 0.1) is 5.92 Å². The van der Waals surface area contributed by atoms with Crippen molar-refractivity contribution in [2.24, 2.45) is 17.4 Å². The predicted molar refractivity (Wildman–Crippen MR) is 123 cm³/mol. The van der Waals surface area contributed by atoms with Crippen molar-refractivity contribution in [3.05, 3.63) is 35.4 Å². The van der Waals surface area contributed by atoms with E-state index in [-0.39, 0.29) is 18.4 Å². The summed E-state index contributed by atoms with van der Waals surface area (Å²) in [4.78, 5) is 28.8. The van der Waals surface area contributed by atoms with Crippen molar-refractivity contribution < 1.29 is 9.59 Å². The van der Waals surface area contributed by atoms with E-state index in [1.807, 2.05) is 17.0 Å². The third kappa shape index (κ3) is 5.29. The molecule has 1 aromatic carbocycles. The fourth-order valence-corrected chi connectivity index (χ4v) is 6.22. The third-order valence-electron chi connectivity index (χ3n) is 7.89. The van der Waals surface area contributed by atoms with Crippen LogP contribution >= 0.6 is 0 Å². The molecule has 6 nitrogen and oxygen atoms in total. The average Bonchev–Trinajstić information content (AvgIpc) is 3.03. The standard InChI is InChI=1S/C25H38N4O2/c26-16-24(30)28(17-18-5-2-1-3-6-18)11-12-29-22-9-10-23(29)15-21(14-22)19-7-4-8-20(13-19)25(27)31/h4,7-8,13,18,21-23H,1-3,5-6,9-12,14-17,26H2,(H2,27,31)/t21-,22+,23-. The van der Waals surface area contributed by atoms with E-state index < -0.39 is 0 Å². The number of hydrogen-bond acceptors (Lipinski definition) is 4. The number of nitrogens with two attached hydrogens (primary N) is 2. The molecule has 2 bridgehead atoms. The fraction of sp³-hybridized carbons (Fsp3) is 0.680. The minimum Gasteiger partial charge on any atom is -0.366 e. The molecule has 1 aliphatic carbocycles. The molecule has 0 spiro atoms. The summed E-state index contributed by atoms with van der Waals surface area (Å²) in [5, 5.41) is 0. The van der Waals surface area contributed by atoms with Gasteiger partial charge in [-0.1, -0.05) is 31.4 Å². The number of benzene rings is 1. The van der Waals surface area contributed by atoms with Gasteiger partial charge in [0.25, 0.3) is 0 Å². The van der Waals surface area contributed by atoms with Crippen LogP contribution in [0.1, 0.15) is 79.6 Å². The molecule has 3 aliphatic rings. The first-order chi connectivity index (χ1) is 15.0. The second-order valence-corrected chi connectivity index (χ2v) is 9.83. The van der Waals surface area contributed by atoms with Gasteiger partial charge in [-0.25, -0.2) is 0 Å². The summed E-state index contributed by atoms with van der Waals surface area (Å²) in [6.45, 7) is 2.72. The summed E-state index contributed by atoms with van der Waals surface area (Å²) in [6, 6.07) is 8.98. The summed E-state index contributed by atoms with van der Waals surface area (Å²) >= 11 is 0. The largest absolute Gasteiger partial charge is 0.366 e. The highest BCUT2D eigenvalue weighted by Gasteiger charge is 2.41. The third-order valence-corrected chi connectivity index (χ3v) is 7.89. The summed E-state index contributed by atoms with van der Waals surface area (Å²) < 4.78 is 0. The number of rotatable bonds is 8. The van der Waals surface area contributed by atoms with E-state index >= 15 is 0 Å². The maximum Gasteiger partial charge on any atom is 0.248 e. The molecule has 2 heterocycles. The van der Waals surface area contributed by atoms with Crippen LogP contribution in [-0.2, 0) is 4.79 Å². The van der Waals surface area contributed by atoms with Gasteiger partial charge in [-0.15, -0.1) is 0 Å². The summed E-state index contributed by atoms with van der Waals surface area (Å²) in [6.07, 6.45) is 11.1. The normalized spacial score (nSPS) is 26.7. The van der Waals surface area contributed by atoms with Crippen LogP contribution in [0.15, 0.2) is 24.3 Å². The number of fused-ring (bicyclic) bond motifs is 2. The first-order valence-electron chi connectivity index (χ1n) is 12.2. The summed E-state index contributed by atoms with van der Waals surface area (Å²) in [7, 11) is 0. The van der Waals surface area contributed by atoms with Crippen LogP contribution in [-0.4, -0.2) is 59.9 Å². The lowest BCUT2D eigenvalue weighted by Gasteiger charge is -2.40. The van der Waals surface area contributed by atoms with Gasteiger partial charge >= 0.3 is 0 Å². The van der Waals surface area contributed by atoms with Crippen LogP contribution in [0.4, 0.5) is 0 Å². The van der Waals surface area contributed by atoms with Gasteiger partial charge in [-0.3, -0.25) is 14.5 Å². The van der Waals surface area contributed by atoms with Gasteiger partial charge in [0, 0.05) is 37.3 Å². The molecule has 2 amide bonds. The summed E-state index contributed by atoms with van der Waals surface area (Å²) in [5.41, 5.74) is 13.1. The number of amides is 2. The number of carbonyl (C=O) groups is 2. The van der Waals surface area contributed by atoms with E-state index in [1.165, 1.54) is 50.5 Å². The predicted octanol–water partition coefficient (Wildman–Crippen LogP) is 2.86. The Morgan fingerprint density at radius 2 is 1.74 bits per heavy atom. The number of hydrogen-bond donors (Lipinski definition) is 2. The molecule has 1 aromatic rings. The van der Waals surface area contributed by atoms with Crippen LogP contribution < -0.4 is 11.5 Å². The molecular formula is C25H38N4O2. The van der Waals surface area contributed by atoms with Gasteiger partial charge in [0.2, 0.25) is 11.8 Å². The van der Waals surface area contributed by atoms with Crippen LogP contribution in [0.2, 0.25) is 0 Å². The zero-order chi connectivity index (χ0) is 21.8. The van der Waals surface area contributed by atoms with Crippen LogP contribution in [0.25, 0.3) is 0 Å². The van der Waals surface area contributed by atoms with Crippen molar-refractivity contribution in [3.63, 3.8) is 0 Å². The molecule has 170 valence electrons. The number of primary amides is 1. The fourth-order valence-electron chi connectivity index (χ4n) is 6.22. The molecule has 4 rings (SSSR count). The highest BCUT2D eigenvalue weighted by atomic mass is 16.2. The molecule has 1 saturated carbocycles. The molecule has 6 heteroatoms. The monoisotopic (exact) mass is 426 g/mol. The van der Waals surface area contributed by atoms with Crippen LogP contribution in [0.3, 0.4) is 0 Å². The van der Waals surface area contributed by atoms with Gasteiger partial charge in [0.1, 0.15) is 0 Å². The molecule has 2 saturated heterocycles. The smallest absolute Gasteiger partial charge is 0.248 e. The van der Waals surface area contributed by atoms with Gasteiger partial charge in [-0.05, 0) is 68.1 Å². The Kier molecular flexibility index (Phi) is 7.28. The number of piperidine rings is 1. The first-order valence-corrected chi connectivity index (χ1v) is 12.2. The van der Waals surface area contributed by atoms with Gasteiger partial charge in [-0.2, -0.15) is 0 Å². The van der Waals surface area contributed by atoms with Crippen molar-refractivity contribution in [1.82, 2.24) is 9.80 Å². The molecule has 3 fully saturated rings. The van der Waals surface area contributed by atoms with Crippen molar-refractivity contribution in [2.75, 3.05) is 26.2 Å². The maximum atomic E-state index is 12.5. The molecular weight excluding hydrogens is 388 g/mol. The zero-order valence-electron chi connectivity index (χ0n) is 18.7. The van der Waals surface area contributed by atoms with E-state index in [2.05, 4.69) is 11.0 Å². The van der Waals surface area contributed by atoms with E-state index in [1.54, 1.807) is 6.07 Å². The molecule has 0 aromatic heterocycles. The second-order valence-electron chi connectivity index (χ2n) is 9.83. The highest BCUT2D eigenvalue weighted by Crippen LogP contribution is 2.43. The Labute approximate surface area is 186 Å². The lowest BCUT2D eigenvalue weighted by Crippen LogP contribution is -2.48. The molecule has 0 unspecified atom stereocenters. The Balaban J connectivity index is 1.36. The second kappa shape index (κ2) is 10.1. The number of carbonyl (C=O) groups excluding carboxylic acids is 2. The zero-order valence-corrected chi connectivity index (χ0v) is 18.7. The van der Waals surface area contributed by atoms with E-state index in [9.17, 15) is 9.59 Å². The first kappa shape index (κ1) is 22.3. The van der Waals surface area contributed by atoms with Gasteiger partial charge in [0.05, 0.1) is 6.54 Å². The maximum absolute atomic E-state index is 12.5. The lowest BCUT2D eigenvalue weighted by atomic mass is 9.84. The molecule has 2 aliphatic heterocycles. The Morgan fingerprint density at radius 1 is 1.03 bits per heavy atom.